The zero-order chi connectivity index (χ0) is 17.5. The monoisotopic (exact) mass is 382 g/mol. The van der Waals surface area contributed by atoms with Crippen molar-refractivity contribution in [3.05, 3.63) is 104 Å². The van der Waals surface area contributed by atoms with E-state index in [0.717, 1.165) is 15.9 Å². The number of carbonyl (C=O) groups is 1. The third-order valence-electron chi connectivity index (χ3n) is 4.17. The predicted molar refractivity (Wildman–Crippen MR) is 106 cm³/mol. The first-order chi connectivity index (χ1) is 12.3. The lowest BCUT2D eigenvalue weighted by Gasteiger charge is -2.26. The molecule has 0 unspecified atom stereocenters. The van der Waals surface area contributed by atoms with Gasteiger partial charge in [0.05, 0.1) is 6.26 Å². The first-order valence-electron chi connectivity index (χ1n) is 8.12. The van der Waals surface area contributed by atoms with Crippen LogP contribution in [0.25, 0.3) is 0 Å². The van der Waals surface area contributed by atoms with Crippen molar-refractivity contribution in [1.29, 1.82) is 0 Å². The molecule has 26 heavy (non-hydrogen) atoms. The van der Waals surface area contributed by atoms with E-state index >= 15 is 0 Å². The molecule has 0 saturated carbocycles. The van der Waals surface area contributed by atoms with Crippen LogP contribution < -0.4 is 28.3 Å². The molecule has 0 heterocycles. The highest BCUT2D eigenvalue weighted by Gasteiger charge is 2.47. The maximum absolute atomic E-state index is 12.5. The minimum atomic E-state index is -2.16. The topological polar surface area (TPSA) is 26.3 Å². The summed E-state index contributed by atoms with van der Waals surface area (Å²) in [5.41, 5.74) is 0. The van der Waals surface area contributed by atoms with E-state index in [1.165, 1.54) is 6.26 Å². The van der Waals surface area contributed by atoms with E-state index in [1.807, 2.05) is 54.6 Å². The van der Waals surface area contributed by atoms with Crippen molar-refractivity contribution in [2.24, 2.45) is 0 Å². The average molecular weight is 383 g/mol. The number of rotatable bonds is 6. The van der Waals surface area contributed by atoms with E-state index in [9.17, 15) is 4.79 Å². The molecule has 3 rings (SSSR count). The van der Waals surface area contributed by atoms with Crippen LogP contribution in [0.15, 0.2) is 104 Å². The summed E-state index contributed by atoms with van der Waals surface area (Å²) in [6, 6.07) is 30.8. The second kappa shape index (κ2) is 9.33. The van der Waals surface area contributed by atoms with Crippen molar-refractivity contribution in [3.8, 4) is 0 Å². The number of halogens is 1. The molecule has 2 nitrogen and oxygen atoms in total. The molecule has 0 atom stereocenters. The Hall–Kier alpha value is -2.41. The van der Waals surface area contributed by atoms with Crippen LogP contribution in [0.1, 0.15) is 0 Å². The minimum Gasteiger partial charge on any atom is -1.00 e. The van der Waals surface area contributed by atoms with Crippen molar-refractivity contribution in [2.75, 3.05) is 6.16 Å². The Morgan fingerprint density at radius 3 is 1.42 bits per heavy atom. The van der Waals surface area contributed by atoms with Gasteiger partial charge >= 0.3 is 5.97 Å². The zero-order valence-corrected chi connectivity index (χ0v) is 15.9. The SMILES string of the molecule is C=COC(=O)C[P+](c1ccccc1)(c1ccccc1)c1ccccc1.[Cl-]. The second-order valence-corrected chi connectivity index (χ2v) is 9.12. The maximum atomic E-state index is 12.5. The quantitative estimate of drug-likeness (QED) is 0.356. The van der Waals surface area contributed by atoms with Gasteiger partial charge in [0.2, 0.25) is 0 Å². The predicted octanol–water partition coefficient (Wildman–Crippen LogP) is 0.671. The van der Waals surface area contributed by atoms with Crippen molar-refractivity contribution >= 4 is 29.1 Å². The highest BCUT2D eigenvalue weighted by Crippen LogP contribution is 2.55. The number of benzene rings is 3. The summed E-state index contributed by atoms with van der Waals surface area (Å²) in [5, 5.41) is 3.48. The van der Waals surface area contributed by atoms with Gasteiger partial charge in [-0.3, -0.25) is 0 Å². The Morgan fingerprint density at radius 2 is 1.12 bits per heavy atom. The third kappa shape index (κ3) is 4.04. The van der Waals surface area contributed by atoms with Gasteiger partial charge in [-0.15, -0.1) is 0 Å². The van der Waals surface area contributed by atoms with Gasteiger partial charge in [-0.05, 0) is 36.4 Å². The number of hydrogen-bond donors (Lipinski definition) is 0. The van der Waals surface area contributed by atoms with Crippen LogP contribution in [-0.4, -0.2) is 12.1 Å². The van der Waals surface area contributed by atoms with Gasteiger partial charge in [-0.25, -0.2) is 4.79 Å². The molecule has 0 spiro atoms. The Balaban J connectivity index is 0.00000243. The van der Waals surface area contributed by atoms with E-state index in [0.29, 0.717) is 6.16 Å². The standard InChI is InChI=1S/C22H20O2P.ClH/c1-2-24-22(23)18-25(19-12-6-3-7-13-19,20-14-8-4-9-15-20)21-16-10-5-11-17-21;/h2-17H,1,18H2;1H/q+1;/p-1. The Labute approximate surface area is 161 Å². The smallest absolute Gasteiger partial charge is 0.349 e. The van der Waals surface area contributed by atoms with E-state index in [-0.39, 0.29) is 18.4 Å². The fourth-order valence-electron chi connectivity index (χ4n) is 3.09. The summed E-state index contributed by atoms with van der Waals surface area (Å²) in [7, 11) is -2.16. The van der Waals surface area contributed by atoms with Crippen molar-refractivity contribution in [2.45, 2.75) is 0 Å². The fraction of sp³-hybridized carbons (Fsp3) is 0.0455. The van der Waals surface area contributed by atoms with Gasteiger partial charge in [-0.2, -0.15) is 0 Å². The van der Waals surface area contributed by atoms with Crippen molar-refractivity contribution in [1.82, 2.24) is 0 Å². The minimum absolute atomic E-state index is 0. The Morgan fingerprint density at radius 1 is 0.769 bits per heavy atom. The molecule has 0 amide bonds. The molecule has 3 aromatic carbocycles. The van der Waals surface area contributed by atoms with E-state index in [4.69, 9.17) is 4.74 Å². The Kier molecular flexibility index (Phi) is 7.15. The molecule has 4 heteroatoms. The van der Waals surface area contributed by atoms with Gasteiger partial charge in [0.1, 0.15) is 23.2 Å². The van der Waals surface area contributed by atoms with E-state index < -0.39 is 7.26 Å². The molecule has 0 bridgehead atoms. The van der Waals surface area contributed by atoms with E-state index in [2.05, 4.69) is 43.0 Å². The lowest BCUT2D eigenvalue weighted by Crippen LogP contribution is -3.00. The van der Waals surface area contributed by atoms with Crippen molar-refractivity contribution < 1.29 is 21.9 Å². The highest BCUT2D eigenvalue weighted by atomic mass is 35.5. The summed E-state index contributed by atoms with van der Waals surface area (Å²) in [4.78, 5) is 12.5. The molecule has 0 aliphatic carbocycles. The number of ether oxygens (including phenoxy) is 1. The lowest BCUT2D eigenvalue weighted by atomic mass is 10.4. The van der Waals surface area contributed by atoms with Crippen LogP contribution in [0, 0.1) is 0 Å². The van der Waals surface area contributed by atoms with Crippen molar-refractivity contribution in [3.63, 3.8) is 0 Å². The van der Waals surface area contributed by atoms with Crippen LogP contribution in [-0.2, 0) is 9.53 Å². The molecular weight excluding hydrogens is 363 g/mol. The van der Waals surface area contributed by atoms with Gasteiger partial charge < -0.3 is 17.1 Å². The molecule has 0 radical (unpaired) electrons. The summed E-state index contributed by atoms with van der Waals surface area (Å²) in [5.74, 6) is -0.264. The molecular formula is C22H20ClO2P. The molecule has 0 saturated heterocycles. The molecule has 132 valence electrons. The molecule has 0 aromatic heterocycles. The van der Waals surface area contributed by atoms with Gasteiger partial charge in [0.25, 0.3) is 0 Å². The van der Waals surface area contributed by atoms with Gasteiger partial charge in [-0.1, -0.05) is 61.2 Å². The largest absolute Gasteiger partial charge is 1.00 e. The zero-order valence-electron chi connectivity index (χ0n) is 14.3. The third-order valence-corrected chi connectivity index (χ3v) is 8.44. The molecule has 3 aromatic rings. The van der Waals surface area contributed by atoms with Gasteiger partial charge in [0.15, 0.2) is 6.16 Å². The van der Waals surface area contributed by atoms with Crippen LogP contribution in [0.3, 0.4) is 0 Å². The number of esters is 1. The van der Waals surface area contributed by atoms with Gasteiger partial charge in [0, 0.05) is 0 Å². The average Bonchev–Trinajstić information content (AvgIpc) is 2.68. The van der Waals surface area contributed by atoms with Crippen LogP contribution in [0.4, 0.5) is 0 Å². The highest BCUT2D eigenvalue weighted by molar-refractivity contribution is 7.96. The lowest BCUT2D eigenvalue weighted by molar-refractivity contribution is -0.134. The van der Waals surface area contributed by atoms with Crippen LogP contribution in [0.2, 0.25) is 0 Å². The first kappa shape index (κ1) is 19.9. The summed E-state index contributed by atoms with van der Waals surface area (Å²) in [6.07, 6.45) is 1.51. The Bertz CT molecular complexity index is 739. The van der Waals surface area contributed by atoms with E-state index in [1.54, 1.807) is 0 Å². The molecule has 0 fully saturated rings. The normalized spacial score (nSPS) is 10.5. The summed E-state index contributed by atoms with van der Waals surface area (Å²) < 4.78 is 5.11. The summed E-state index contributed by atoms with van der Waals surface area (Å²) in [6.45, 7) is 3.52. The molecule has 0 aliphatic heterocycles. The fourth-order valence-corrected chi connectivity index (χ4v) is 7.04. The van der Waals surface area contributed by atoms with Crippen LogP contribution >= 0.6 is 7.26 Å². The number of hydrogen-bond acceptors (Lipinski definition) is 2. The number of carbonyl (C=O) groups excluding carboxylic acids is 1. The molecule has 0 aliphatic rings. The maximum Gasteiger partial charge on any atom is 0.349 e. The summed E-state index contributed by atoms with van der Waals surface area (Å²) >= 11 is 0. The first-order valence-corrected chi connectivity index (χ1v) is 10.1. The van der Waals surface area contributed by atoms with Crippen LogP contribution in [0.5, 0.6) is 0 Å². The molecule has 0 N–H and O–H groups in total. The second-order valence-electron chi connectivity index (χ2n) is 5.63.